The first-order valence-corrected chi connectivity index (χ1v) is 6.09. The summed E-state index contributed by atoms with van der Waals surface area (Å²) >= 11 is 0. The number of hydrogen-bond acceptors (Lipinski definition) is 1. The Balaban J connectivity index is 2.32. The fourth-order valence-corrected chi connectivity index (χ4v) is 1.80. The van der Waals surface area contributed by atoms with Gasteiger partial charge in [-0.3, -0.25) is 4.99 Å². The Kier molecular flexibility index (Phi) is 5.01. The fourth-order valence-electron chi connectivity index (χ4n) is 1.80. The van der Waals surface area contributed by atoms with Crippen LogP contribution in [-0.4, -0.2) is 12.5 Å². The quantitative estimate of drug-likeness (QED) is 0.585. The number of rotatable bonds is 6. The maximum Gasteiger partial charge on any atom is 0.185 e. The minimum absolute atomic E-state index is 0.165. The average molecular weight is 233 g/mol. The zero-order chi connectivity index (χ0) is 12.7. The number of nitrogens with zero attached hydrogens (tertiary/aromatic N) is 1. The van der Waals surface area contributed by atoms with E-state index in [0.717, 1.165) is 19.3 Å². The zero-order valence-electron chi connectivity index (χ0n) is 10.8. The van der Waals surface area contributed by atoms with E-state index in [0.29, 0.717) is 6.54 Å². The summed E-state index contributed by atoms with van der Waals surface area (Å²) in [5.74, 6) is 0.182. The molecule has 0 bridgehead atoms. The highest BCUT2D eigenvalue weighted by Crippen LogP contribution is 2.23. The van der Waals surface area contributed by atoms with Crippen LogP contribution in [0.4, 0.5) is 0 Å². The van der Waals surface area contributed by atoms with Crippen LogP contribution in [0.1, 0.15) is 32.3 Å². The molecule has 94 valence electrons. The van der Waals surface area contributed by atoms with Gasteiger partial charge in [-0.25, -0.2) is 0 Å². The molecular weight excluding hydrogens is 210 g/mol. The Morgan fingerprint density at radius 1 is 1.18 bits per heavy atom. The highest BCUT2D eigenvalue weighted by molar-refractivity contribution is 5.75. The first kappa shape index (κ1) is 13.6. The largest absolute Gasteiger partial charge is 0.370 e. The molecule has 0 aliphatic rings. The normalized spacial score (nSPS) is 11.2. The lowest BCUT2D eigenvalue weighted by Crippen LogP contribution is -2.26. The fraction of sp³-hybridized carbons (Fsp3) is 0.500. The monoisotopic (exact) mass is 233 g/mol. The molecule has 0 aliphatic carbocycles. The third kappa shape index (κ3) is 5.95. The number of guanidine groups is 1. The molecule has 0 fully saturated rings. The van der Waals surface area contributed by atoms with Crippen molar-refractivity contribution in [3.63, 3.8) is 0 Å². The van der Waals surface area contributed by atoms with E-state index in [1.807, 2.05) is 6.07 Å². The molecule has 0 unspecified atom stereocenters. The minimum atomic E-state index is 0.165. The van der Waals surface area contributed by atoms with Crippen LogP contribution >= 0.6 is 0 Å². The topological polar surface area (TPSA) is 64.4 Å². The van der Waals surface area contributed by atoms with E-state index in [1.54, 1.807) is 0 Å². The van der Waals surface area contributed by atoms with Crippen LogP contribution in [0.15, 0.2) is 35.3 Å². The molecule has 0 radical (unpaired) electrons. The van der Waals surface area contributed by atoms with Gasteiger partial charge in [0.25, 0.3) is 0 Å². The first-order valence-electron chi connectivity index (χ1n) is 6.09. The third-order valence-electron chi connectivity index (χ3n) is 2.85. The van der Waals surface area contributed by atoms with E-state index >= 15 is 0 Å². The van der Waals surface area contributed by atoms with Crippen LogP contribution in [0.5, 0.6) is 0 Å². The molecule has 0 amide bonds. The SMILES string of the molecule is CC(C)(CCCc1ccccc1)CN=C(N)N. The molecule has 3 nitrogen and oxygen atoms in total. The lowest BCUT2D eigenvalue weighted by Gasteiger charge is -2.22. The van der Waals surface area contributed by atoms with Crippen LogP contribution < -0.4 is 11.5 Å². The molecule has 3 heteroatoms. The van der Waals surface area contributed by atoms with Gasteiger partial charge in [0, 0.05) is 6.54 Å². The molecular formula is C14H23N3. The molecule has 17 heavy (non-hydrogen) atoms. The molecule has 1 rings (SSSR count). The van der Waals surface area contributed by atoms with Crippen molar-refractivity contribution in [3.8, 4) is 0 Å². The smallest absolute Gasteiger partial charge is 0.185 e. The Labute approximate surface area is 104 Å². The van der Waals surface area contributed by atoms with E-state index in [-0.39, 0.29) is 11.4 Å². The molecule has 0 atom stereocenters. The van der Waals surface area contributed by atoms with E-state index in [9.17, 15) is 0 Å². The molecule has 0 heterocycles. The average Bonchev–Trinajstić information content (AvgIpc) is 2.28. The molecule has 0 saturated heterocycles. The summed E-state index contributed by atoms with van der Waals surface area (Å²) in [5.41, 5.74) is 12.3. The second-order valence-electron chi connectivity index (χ2n) is 5.24. The number of aryl methyl sites for hydroxylation is 1. The Morgan fingerprint density at radius 2 is 1.82 bits per heavy atom. The van der Waals surface area contributed by atoms with Gasteiger partial charge in [0.15, 0.2) is 5.96 Å². The number of benzene rings is 1. The van der Waals surface area contributed by atoms with Crippen molar-refractivity contribution in [3.05, 3.63) is 35.9 Å². The van der Waals surface area contributed by atoms with Crippen LogP contribution in [0.2, 0.25) is 0 Å². The molecule has 0 spiro atoms. The van der Waals surface area contributed by atoms with Crippen molar-refractivity contribution in [2.75, 3.05) is 6.54 Å². The summed E-state index contributed by atoms with van der Waals surface area (Å²) in [6.45, 7) is 5.10. The van der Waals surface area contributed by atoms with E-state index in [1.165, 1.54) is 5.56 Å². The summed E-state index contributed by atoms with van der Waals surface area (Å²) < 4.78 is 0. The second-order valence-corrected chi connectivity index (χ2v) is 5.24. The minimum Gasteiger partial charge on any atom is -0.370 e. The summed E-state index contributed by atoms with van der Waals surface area (Å²) in [6.07, 6.45) is 3.40. The van der Waals surface area contributed by atoms with Gasteiger partial charge in [-0.2, -0.15) is 0 Å². The summed E-state index contributed by atoms with van der Waals surface area (Å²) in [5, 5.41) is 0. The van der Waals surface area contributed by atoms with Crippen molar-refractivity contribution in [1.29, 1.82) is 0 Å². The van der Waals surface area contributed by atoms with Gasteiger partial charge in [-0.05, 0) is 30.2 Å². The Hall–Kier alpha value is -1.51. The highest BCUT2D eigenvalue weighted by atomic mass is 15.0. The summed E-state index contributed by atoms with van der Waals surface area (Å²) in [6, 6.07) is 10.6. The number of aliphatic imine (C=N–C) groups is 1. The van der Waals surface area contributed by atoms with Crippen molar-refractivity contribution in [2.24, 2.45) is 21.9 Å². The van der Waals surface area contributed by atoms with Gasteiger partial charge in [0.2, 0.25) is 0 Å². The number of hydrogen-bond donors (Lipinski definition) is 2. The lowest BCUT2D eigenvalue weighted by molar-refractivity contribution is 0.338. The highest BCUT2D eigenvalue weighted by Gasteiger charge is 2.16. The second kappa shape index (κ2) is 6.28. The summed E-state index contributed by atoms with van der Waals surface area (Å²) in [7, 11) is 0. The van der Waals surface area contributed by atoms with Gasteiger partial charge in [-0.1, -0.05) is 44.2 Å². The van der Waals surface area contributed by atoms with Crippen molar-refractivity contribution >= 4 is 5.96 Å². The van der Waals surface area contributed by atoms with Crippen LogP contribution in [0.25, 0.3) is 0 Å². The predicted molar refractivity (Wildman–Crippen MR) is 73.8 cm³/mol. The molecule has 0 aliphatic heterocycles. The van der Waals surface area contributed by atoms with Crippen LogP contribution in [-0.2, 0) is 6.42 Å². The molecule has 1 aromatic carbocycles. The first-order chi connectivity index (χ1) is 7.99. The van der Waals surface area contributed by atoms with Gasteiger partial charge >= 0.3 is 0 Å². The van der Waals surface area contributed by atoms with Gasteiger partial charge < -0.3 is 11.5 Å². The van der Waals surface area contributed by atoms with Crippen molar-refractivity contribution in [2.45, 2.75) is 33.1 Å². The van der Waals surface area contributed by atoms with E-state index < -0.39 is 0 Å². The van der Waals surface area contributed by atoms with E-state index in [2.05, 4.69) is 43.1 Å². The third-order valence-corrected chi connectivity index (χ3v) is 2.85. The standard InChI is InChI=1S/C14H23N3/c1-14(2,11-17-13(15)16)10-6-9-12-7-4-3-5-8-12/h3-5,7-8H,6,9-11H2,1-2H3,(H4,15,16,17). The molecule has 0 saturated carbocycles. The molecule has 0 aromatic heterocycles. The summed E-state index contributed by atoms with van der Waals surface area (Å²) in [4.78, 5) is 4.09. The Bertz CT molecular complexity index is 351. The van der Waals surface area contributed by atoms with Crippen LogP contribution in [0.3, 0.4) is 0 Å². The maximum absolute atomic E-state index is 5.35. The predicted octanol–water partition coefficient (Wildman–Crippen LogP) is 2.31. The molecule has 1 aromatic rings. The van der Waals surface area contributed by atoms with E-state index in [4.69, 9.17) is 11.5 Å². The van der Waals surface area contributed by atoms with Gasteiger partial charge in [0.05, 0.1) is 0 Å². The lowest BCUT2D eigenvalue weighted by atomic mass is 9.86. The van der Waals surface area contributed by atoms with Gasteiger partial charge in [0.1, 0.15) is 0 Å². The van der Waals surface area contributed by atoms with Gasteiger partial charge in [-0.15, -0.1) is 0 Å². The van der Waals surface area contributed by atoms with Crippen molar-refractivity contribution in [1.82, 2.24) is 0 Å². The Morgan fingerprint density at radius 3 is 2.41 bits per heavy atom. The molecule has 4 N–H and O–H groups in total. The number of nitrogens with two attached hydrogens (primary N) is 2. The van der Waals surface area contributed by atoms with Crippen molar-refractivity contribution < 1.29 is 0 Å². The van der Waals surface area contributed by atoms with Crippen LogP contribution in [0, 0.1) is 5.41 Å². The maximum atomic E-state index is 5.35. The zero-order valence-corrected chi connectivity index (χ0v) is 10.8.